The van der Waals surface area contributed by atoms with E-state index in [0.717, 1.165) is 23.1 Å². The Labute approximate surface area is 117 Å². The molecule has 0 aliphatic rings. The fraction of sp³-hybridized carbons (Fsp3) is 0.800. The first-order chi connectivity index (χ1) is 8.82. The van der Waals surface area contributed by atoms with Crippen LogP contribution in [0.2, 0.25) is 0 Å². The molecule has 0 fully saturated rings. The van der Waals surface area contributed by atoms with Gasteiger partial charge in [-0.2, -0.15) is 5.10 Å². The Hall–Kier alpha value is -1.19. The van der Waals surface area contributed by atoms with E-state index in [-0.39, 0.29) is 0 Å². The summed E-state index contributed by atoms with van der Waals surface area (Å²) in [6.07, 6.45) is 3.70. The zero-order valence-corrected chi connectivity index (χ0v) is 13.3. The minimum atomic E-state index is 0.359. The molecule has 1 aromatic rings. The van der Waals surface area contributed by atoms with Gasteiger partial charge in [0.25, 0.3) is 0 Å². The quantitative estimate of drug-likeness (QED) is 0.790. The van der Waals surface area contributed by atoms with Crippen molar-refractivity contribution in [1.82, 2.24) is 9.78 Å². The van der Waals surface area contributed by atoms with Crippen LogP contribution in [0, 0.1) is 5.92 Å². The molecule has 0 aromatic carbocycles. The Morgan fingerprint density at radius 3 is 2.26 bits per heavy atom. The monoisotopic (exact) mass is 266 g/mol. The van der Waals surface area contributed by atoms with Gasteiger partial charge in [0, 0.05) is 13.1 Å². The normalized spacial score (nSPS) is 13.3. The number of nitrogens with one attached hydrogen (secondary N) is 1. The Morgan fingerprint density at radius 1 is 1.16 bits per heavy atom. The third-order valence-electron chi connectivity index (χ3n) is 3.46. The first-order valence-electron chi connectivity index (χ1n) is 7.41. The summed E-state index contributed by atoms with van der Waals surface area (Å²) in [6.45, 7) is 11.0. The van der Waals surface area contributed by atoms with Crippen molar-refractivity contribution in [2.45, 2.75) is 65.8 Å². The Morgan fingerprint density at radius 2 is 1.79 bits per heavy atom. The topological polar surface area (TPSA) is 55.9 Å². The second-order valence-electron chi connectivity index (χ2n) is 6.30. The van der Waals surface area contributed by atoms with E-state index < -0.39 is 0 Å². The molecule has 0 aliphatic heterocycles. The molecule has 3 N–H and O–H groups in total. The number of anilines is 2. The molecule has 0 spiro atoms. The van der Waals surface area contributed by atoms with Crippen LogP contribution in [0.3, 0.4) is 0 Å². The molecule has 1 rings (SSSR count). The molecule has 0 radical (unpaired) electrons. The minimum absolute atomic E-state index is 0.359. The Bertz CT molecular complexity index is 393. The molecule has 1 atom stereocenters. The zero-order valence-electron chi connectivity index (χ0n) is 13.3. The highest BCUT2D eigenvalue weighted by atomic mass is 15.3. The molecule has 0 saturated heterocycles. The number of nitrogens with two attached hydrogens (primary N) is 1. The smallest absolute Gasteiger partial charge is 0.147 e. The van der Waals surface area contributed by atoms with Crippen LogP contribution in [0.25, 0.3) is 0 Å². The number of nitrogen functional groups attached to an aromatic ring is 1. The highest BCUT2D eigenvalue weighted by Crippen LogP contribution is 2.28. The molecule has 110 valence electrons. The lowest BCUT2D eigenvalue weighted by Gasteiger charge is -2.16. The summed E-state index contributed by atoms with van der Waals surface area (Å²) in [5, 5.41) is 8.00. The van der Waals surface area contributed by atoms with Crippen LogP contribution in [-0.2, 0) is 7.05 Å². The molecule has 0 saturated carbocycles. The van der Waals surface area contributed by atoms with Crippen LogP contribution in [-0.4, -0.2) is 15.8 Å². The summed E-state index contributed by atoms with van der Waals surface area (Å²) in [7, 11) is 1.95. The Kier molecular flexibility index (Phi) is 5.70. The van der Waals surface area contributed by atoms with E-state index in [1.165, 1.54) is 19.3 Å². The van der Waals surface area contributed by atoms with Crippen molar-refractivity contribution in [3.63, 3.8) is 0 Å². The van der Waals surface area contributed by atoms with Gasteiger partial charge >= 0.3 is 0 Å². The van der Waals surface area contributed by atoms with Crippen LogP contribution in [0.5, 0.6) is 0 Å². The first-order valence-corrected chi connectivity index (χ1v) is 7.41. The van der Waals surface area contributed by atoms with Crippen LogP contribution < -0.4 is 11.1 Å². The van der Waals surface area contributed by atoms with Gasteiger partial charge in [-0.15, -0.1) is 0 Å². The van der Waals surface area contributed by atoms with E-state index in [1.807, 2.05) is 11.7 Å². The summed E-state index contributed by atoms with van der Waals surface area (Å²) in [5.74, 6) is 2.10. The number of aryl methyl sites for hydroxylation is 1. The first kappa shape index (κ1) is 15.9. The third kappa shape index (κ3) is 4.44. The predicted molar refractivity (Wildman–Crippen MR) is 83.5 cm³/mol. The second-order valence-corrected chi connectivity index (χ2v) is 6.30. The SMILES string of the molecule is CC(C)CCCC(C)Nc1c(N)c(C(C)C)nn1C. The highest BCUT2D eigenvalue weighted by Gasteiger charge is 2.17. The lowest BCUT2D eigenvalue weighted by atomic mass is 10.0. The molecular formula is C15H30N4. The van der Waals surface area contributed by atoms with Crippen LogP contribution in [0.1, 0.15) is 65.5 Å². The van der Waals surface area contributed by atoms with E-state index in [1.54, 1.807) is 0 Å². The molecule has 0 amide bonds. The van der Waals surface area contributed by atoms with E-state index in [0.29, 0.717) is 12.0 Å². The van der Waals surface area contributed by atoms with Crippen molar-refractivity contribution in [3.05, 3.63) is 5.69 Å². The van der Waals surface area contributed by atoms with Gasteiger partial charge in [-0.1, -0.05) is 40.5 Å². The average molecular weight is 266 g/mol. The van der Waals surface area contributed by atoms with E-state index in [4.69, 9.17) is 5.73 Å². The standard InChI is InChI=1S/C15H30N4/c1-10(2)8-7-9-12(5)17-15-13(16)14(11(3)4)18-19(15)6/h10-12,17H,7-9,16H2,1-6H3. The van der Waals surface area contributed by atoms with Crippen molar-refractivity contribution in [2.24, 2.45) is 13.0 Å². The number of nitrogens with zero attached hydrogens (tertiary/aromatic N) is 2. The fourth-order valence-electron chi connectivity index (χ4n) is 2.30. The second kappa shape index (κ2) is 6.83. The van der Waals surface area contributed by atoms with Crippen LogP contribution >= 0.6 is 0 Å². The molecular weight excluding hydrogens is 236 g/mol. The molecule has 4 nitrogen and oxygen atoms in total. The van der Waals surface area contributed by atoms with Crippen molar-refractivity contribution in [2.75, 3.05) is 11.1 Å². The molecule has 1 aromatic heterocycles. The van der Waals surface area contributed by atoms with Gasteiger partial charge in [0.05, 0.1) is 11.4 Å². The lowest BCUT2D eigenvalue weighted by molar-refractivity contribution is 0.519. The van der Waals surface area contributed by atoms with Crippen molar-refractivity contribution in [1.29, 1.82) is 0 Å². The van der Waals surface area contributed by atoms with E-state index >= 15 is 0 Å². The minimum Gasteiger partial charge on any atom is -0.394 e. The van der Waals surface area contributed by atoms with E-state index in [2.05, 4.69) is 45.0 Å². The lowest BCUT2D eigenvalue weighted by Crippen LogP contribution is -2.18. The van der Waals surface area contributed by atoms with Crippen molar-refractivity contribution < 1.29 is 0 Å². The summed E-state index contributed by atoms with van der Waals surface area (Å²) in [5.41, 5.74) is 7.97. The van der Waals surface area contributed by atoms with Gasteiger partial charge in [-0.25, -0.2) is 0 Å². The highest BCUT2D eigenvalue weighted by molar-refractivity contribution is 5.66. The summed E-state index contributed by atoms with van der Waals surface area (Å²) < 4.78 is 1.86. The van der Waals surface area contributed by atoms with Crippen LogP contribution in [0.4, 0.5) is 11.5 Å². The Balaban J connectivity index is 2.61. The molecule has 1 heterocycles. The number of rotatable bonds is 7. The zero-order chi connectivity index (χ0) is 14.6. The largest absolute Gasteiger partial charge is 0.394 e. The molecule has 0 aliphatic carbocycles. The predicted octanol–water partition coefficient (Wildman–Crippen LogP) is 3.75. The van der Waals surface area contributed by atoms with Gasteiger partial charge in [-0.05, 0) is 25.2 Å². The van der Waals surface area contributed by atoms with Gasteiger partial charge < -0.3 is 11.1 Å². The van der Waals surface area contributed by atoms with Gasteiger partial charge in [0.2, 0.25) is 0 Å². The molecule has 4 heteroatoms. The van der Waals surface area contributed by atoms with Gasteiger partial charge in [-0.3, -0.25) is 4.68 Å². The summed E-state index contributed by atoms with van der Waals surface area (Å²) in [6, 6.07) is 0.427. The van der Waals surface area contributed by atoms with Crippen LogP contribution in [0.15, 0.2) is 0 Å². The maximum atomic E-state index is 6.18. The fourth-order valence-corrected chi connectivity index (χ4v) is 2.30. The molecule has 0 bridgehead atoms. The molecule has 19 heavy (non-hydrogen) atoms. The average Bonchev–Trinajstić information content (AvgIpc) is 2.56. The molecule has 1 unspecified atom stereocenters. The number of hydrogen-bond acceptors (Lipinski definition) is 3. The summed E-state index contributed by atoms with van der Waals surface area (Å²) >= 11 is 0. The number of hydrogen-bond donors (Lipinski definition) is 2. The van der Waals surface area contributed by atoms with Gasteiger partial charge in [0.15, 0.2) is 0 Å². The summed E-state index contributed by atoms with van der Waals surface area (Å²) in [4.78, 5) is 0. The maximum absolute atomic E-state index is 6.18. The van der Waals surface area contributed by atoms with Crippen molar-refractivity contribution in [3.8, 4) is 0 Å². The van der Waals surface area contributed by atoms with E-state index in [9.17, 15) is 0 Å². The van der Waals surface area contributed by atoms with Crippen molar-refractivity contribution >= 4 is 11.5 Å². The number of aromatic nitrogens is 2. The van der Waals surface area contributed by atoms with Gasteiger partial charge in [0.1, 0.15) is 5.82 Å². The third-order valence-corrected chi connectivity index (χ3v) is 3.46. The maximum Gasteiger partial charge on any atom is 0.147 e.